The van der Waals surface area contributed by atoms with E-state index in [0.717, 1.165) is 45.2 Å². The van der Waals surface area contributed by atoms with Crippen molar-refractivity contribution in [2.45, 2.75) is 43.9 Å². The van der Waals surface area contributed by atoms with Gasteiger partial charge in [-0.15, -0.1) is 11.3 Å². The summed E-state index contributed by atoms with van der Waals surface area (Å²) in [4.78, 5) is 5.10. The minimum absolute atomic E-state index is 0.360. The van der Waals surface area contributed by atoms with Crippen molar-refractivity contribution in [1.29, 1.82) is 0 Å². The van der Waals surface area contributed by atoms with Crippen molar-refractivity contribution >= 4 is 22.3 Å². The van der Waals surface area contributed by atoms with Gasteiger partial charge in [0.2, 0.25) is 0 Å². The Labute approximate surface area is 157 Å². The third-order valence-corrected chi connectivity index (χ3v) is 7.88. The normalized spacial score (nSPS) is 32.4. The molecule has 4 saturated carbocycles. The maximum Gasteiger partial charge on any atom is 0.164 e. The van der Waals surface area contributed by atoms with Gasteiger partial charge in [-0.05, 0) is 80.5 Å². The molecular weight excluding hydrogens is 342 g/mol. The third-order valence-electron chi connectivity index (χ3n) is 7.02. The van der Waals surface area contributed by atoms with Crippen molar-refractivity contribution in [3.05, 3.63) is 35.3 Å². The Morgan fingerprint density at radius 1 is 1.08 bits per heavy atom. The van der Waals surface area contributed by atoms with E-state index < -0.39 is 0 Å². The number of nitrogens with zero attached hydrogens (tertiary/aromatic N) is 1. The Kier molecular flexibility index (Phi) is 3.14. The summed E-state index contributed by atoms with van der Waals surface area (Å²) in [6.45, 7) is 0. The van der Waals surface area contributed by atoms with E-state index >= 15 is 0 Å². The smallest absolute Gasteiger partial charge is 0.164 e. The Hall–Kier alpha value is -1.81. The second kappa shape index (κ2) is 5.35. The highest BCUT2D eigenvalue weighted by atomic mass is 32.1. The highest BCUT2D eigenvalue weighted by Gasteiger charge is 2.52. The van der Waals surface area contributed by atoms with Crippen LogP contribution in [0.25, 0.3) is 21.7 Å². The van der Waals surface area contributed by atoms with E-state index in [1.807, 2.05) is 18.2 Å². The van der Waals surface area contributed by atoms with Crippen LogP contribution in [0.2, 0.25) is 0 Å². The van der Waals surface area contributed by atoms with Crippen LogP contribution in [-0.4, -0.2) is 12.1 Å². The highest BCUT2D eigenvalue weighted by molar-refractivity contribution is 7.13. The van der Waals surface area contributed by atoms with E-state index in [4.69, 9.17) is 14.1 Å². The summed E-state index contributed by atoms with van der Waals surface area (Å²) in [6, 6.07) is 8.04. The quantitative estimate of drug-likeness (QED) is 0.568. The van der Waals surface area contributed by atoms with Gasteiger partial charge in [0.25, 0.3) is 0 Å². The zero-order valence-corrected chi connectivity index (χ0v) is 15.8. The zero-order valence-electron chi connectivity index (χ0n) is 15.0. The first-order valence-corrected chi connectivity index (χ1v) is 10.6. The first kappa shape index (κ1) is 15.3. The molecule has 0 N–H and O–H groups in total. The van der Waals surface area contributed by atoms with Crippen molar-refractivity contribution in [2.75, 3.05) is 7.11 Å². The molecule has 0 aliphatic heterocycles. The predicted molar refractivity (Wildman–Crippen MR) is 104 cm³/mol. The predicted octanol–water partition coefficient (Wildman–Crippen LogP) is 6.03. The number of furan rings is 1. The van der Waals surface area contributed by atoms with Gasteiger partial charge in [0, 0.05) is 16.2 Å². The van der Waals surface area contributed by atoms with E-state index in [9.17, 15) is 0 Å². The van der Waals surface area contributed by atoms with Crippen LogP contribution in [0.1, 0.15) is 44.2 Å². The molecule has 0 saturated heterocycles. The van der Waals surface area contributed by atoms with Crippen molar-refractivity contribution in [1.82, 2.24) is 4.98 Å². The van der Waals surface area contributed by atoms with Crippen molar-refractivity contribution in [2.24, 2.45) is 17.8 Å². The van der Waals surface area contributed by atoms with Crippen molar-refractivity contribution in [3.63, 3.8) is 0 Å². The lowest BCUT2D eigenvalue weighted by Gasteiger charge is -2.56. The Balaban J connectivity index is 1.37. The summed E-state index contributed by atoms with van der Waals surface area (Å²) in [5.74, 6) is 4.59. The molecule has 4 bridgehead atoms. The van der Waals surface area contributed by atoms with E-state index in [2.05, 4.69) is 11.4 Å². The third kappa shape index (κ3) is 2.21. The Morgan fingerprint density at radius 3 is 2.50 bits per heavy atom. The van der Waals surface area contributed by atoms with Gasteiger partial charge < -0.3 is 9.15 Å². The molecule has 4 aliphatic rings. The largest absolute Gasteiger partial charge is 0.497 e. The van der Waals surface area contributed by atoms with Crippen LogP contribution < -0.4 is 4.74 Å². The monoisotopic (exact) mass is 365 g/mol. The van der Waals surface area contributed by atoms with Crippen LogP contribution in [0.5, 0.6) is 5.75 Å². The van der Waals surface area contributed by atoms with E-state index in [-0.39, 0.29) is 0 Å². The van der Waals surface area contributed by atoms with Crippen LogP contribution in [0, 0.1) is 17.8 Å². The first-order valence-electron chi connectivity index (χ1n) is 9.75. The topological polar surface area (TPSA) is 35.3 Å². The number of fused-ring (bicyclic) bond motifs is 1. The molecular formula is C22H23NO2S. The van der Waals surface area contributed by atoms with Gasteiger partial charge in [-0.25, -0.2) is 4.98 Å². The second-order valence-corrected chi connectivity index (χ2v) is 9.61. The molecule has 0 radical (unpaired) electrons. The summed E-state index contributed by atoms with van der Waals surface area (Å²) < 4.78 is 11.4. The molecule has 3 aromatic rings. The van der Waals surface area contributed by atoms with Crippen LogP contribution in [0.4, 0.5) is 0 Å². The number of methoxy groups -OCH3 is 1. The van der Waals surface area contributed by atoms with Gasteiger partial charge in [-0.2, -0.15) is 0 Å². The molecule has 1 aromatic carbocycles. The number of aromatic nitrogens is 1. The van der Waals surface area contributed by atoms with Gasteiger partial charge in [-0.1, -0.05) is 0 Å². The summed E-state index contributed by atoms with van der Waals surface area (Å²) in [7, 11) is 1.70. The molecule has 7 rings (SSSR count). The molecule has 26 heavy (non-hydrogen) atoms. The van der Waals surface area contributed by atoms with E-state index in [1.54, 1.807) is 18.4 Å². The maximum absolute atomic E-state index is 6.08. The molecule has 2 aromatic heterocycles. The number of thiazole rings is 1. The lowest BCUT2D eigenvalue weighted by atomic mass is 9.49. The molecule has 0 spiro atoms. The molecule has 0 unspecified atom stereocenters. The summed E-state index contributed by atoms with van der Waals surface area (Å²) in [5.41, 5.74) is 2.60. The van der Waals surface area contributed by atoms with Gasteiger partial charge in [-0.3, -0.25) is 0 Å². The molecule has 3 nitrogen and oxygen atoms in total. The zero-order chi connectivity index (χ0) is 17.3. The van der Waals surface area contributed by atoms with E-state index in [0.29, 0.717) is 5.41 Å². The lowest BCUT2D eigenvalue weighted by molar-refractivity contribution is -0.00689. The van der Waals surface area contributed by atoms with Crippen molar-refractivity contribution in [3.8, 4) is 16.5 Å². The Bertz CT molecular complexity index is 950. The average Bonchev–Trinajstić information content (AvgIpc) is 3.27. The number of rotatable bonds is 3. The standard InChI is InChI=1S/C22H23NO2S/c1-24-17-2-3-18-16(7-17)8-19(25-18)21-23-20(12-26-21)22-9-13-4-14(10-22)6-15(5-13)11-22/h2-3,7-8,12-15H,4-6,9-11H2,1H3. The van der Waals surface area contributed by atoms with Crippen LogP contribution in [-0.2, 0) is 5.41 Å². The molecule has 0 amide bonds. The number of hydrogen-bond acceptors (Lipinski definition) is 4. The lowest BCUT2D eigenvalue weighted by Crippen LogP contribution is -2.48. The summed E-state index contributed by atoms with van der Waals surface area (Å²) in [5, 5.41) is 4.41. The van der Waals surface area contributed by atoms with Gasteiger partial charge >= 0.3 is 0 Å². The highest BCUT2D eigenvalue weighted by Crippen LogP contribution is 2.60. The Morgan fingerprint density at radius 2 is 1.81 bits per heavy atom. The summed E-state index contributed by atoms with van der Waals surface area (Å²) in [6.07, 6.45) is 8.50. The number of ether oxygens (including phenoxy) is 1. The SMILES string of the molecule is COc1ccc2oc(-c3nc(C45CC6CC(CC(C6)C4)C5)cs3)cc2c1. The van der Waals surface area contributed by atoms with E-state index in [1.165, 1.54) is 44.2 Å². The maximum atomic E-state index is 6.08. The fourth-order valence-electron chi connectivity index (χ4n) is 6.31. The molecule has 4 heteroatoms. The average molecular weight is 365 g/mol. The first-order chi connectivity index (χ1) is 12.7. The molecule has 134 valence electrons. The number of hydrogen-bond donors (Lipinski definition) is 0. The van der Waals surface area contributed by atoms with Crippen LogP contribution >= 0.6 is 11.3 Å². The minimum atomic E-state index is 0.360. The van der Waals surface area contributed by atoms with Crippen LogP contribution in [0.3, 0.4) is 0 Å². The van der Waals surface area contributed by atoms with Gasteiger partial charge in [0.15, 0.2) is 10.8 Å². The minimum Gasteiger partial charge on any atom is -0.497 e. The van der Waals surface area contributed by atoms with Gasteiger partial charge in [0.1, 0.15) is 11.3 Å². The second-order valence-electron chi connectivity index (χ2n) is 8.75. The van der Waals surface area contributed by atoms with Gasteiger partial charge in [0.05, 0.1) is 12.8 Å². The number of benzene rings is 1. The molecule has 4 aliphatic carbocycles. The van der Waals surface area contributed by atoms with Crippen molar-refractivity contribution < 1.29 is 9.15 Å². The fourth-order valence-corrected chi connectivity index (χ4v) is 7.20. The van der Waals surface area contributed by atoms with Crippen LogP contribution in [0.15, 0.2) is 34.1 Å². The summed E-state index contributed by atoms with van der Waals surface area (Å²) >= 11 is 1.74. The molecule has 0 atom stereocenters. The molecule has 4 fully saturated rings. The molecule has 2 heterocycles. The fraction of sp³-hybridized carbons (Fsp3) is 0.500.